The first kappa shape index (κ1) is 18.2. The first-order valence-corrected chi connectivity index (χ1v) is 8.37. The molecule has 1 aliphatic carbocycles. The minimum Gasteiger partial charge on any atom is -0.381 e. The molecular formula is C16H34N4O. The van der Waals surface area contributed by atoms with Crippen LogP contribution in [0, 0.1) is 5.92 Å². The van der Waals surface area contributed by atoms with E-state index in [0.717, 1.165) is 51.0 Å². The molecule has 1 rings (SSSR count). The molecular weight excluding hydrogens is 264 g/mol. The Balaban J connectivity index is 2.08. The van der Waals surface area contributed by atoms with E-state index in [1.807, 2.05) is 7.05 Å². The van der Waals surface area contributed by atoms with Crippen LogP contribution in [0.25, 0.3) is 0 Å². The summed E-state index contributed by atoms with van der Waals surface area (Å²) in [5.74, 6) is 1.76. The highest BCUT2D eigenvalue weighted by Crippen LogP contribution is 2.34. The quantitative estimate of drug-likeness (QED) is 0.346. The van der Waals surface area contributed by atoms with Crippen molar-refractivity contribution in [2.24, 2.45) is 10.9 Å². The second-order valence-electron chi connectivity index (χ2n) is 6.07. The highest BCUT2D eigenvalue weighted by atomic mass is 16.5. The van der Waals surface area contributed by atoms with Gasteiger partial charge in [-0.3, -0.25) is 4.99 Å². The van der Waals surface area contributed by atoms with E-state index in [0.29, 0.717) is 6.04 Å². The molecule has 0 aromatic heterocycles. The number of likely N-dealkylation sites (N-methyl/N-ethyl adjacent to an activating group) is 1. The third-order valence-electron chi connectivity index (χ3n) is 3.93. The molecule has 0 aliphatic heterocycles. The Kier molecular flexibility index (Phi) is 9.42. The largest absolute Gasteiger partial charge is 0.381 e. The second kappa shape index (κ2) is 10.9. The summed E-state index contributed by atoms with van der Waals surface area (Å²) in [6, 6.07) is 0.612. The predicted molar refractivity (Wildman–Crippen MR) is 89.9 cm³/mol. The number of nitrogens with zero attached hydrogens (tertiary/aromatic N) is 2. The molecule has 21 heavy (non-hydrogen) atoms. The highest BCUT2D eigenvalue weighted by Gasteiger charge is 2.32. The van der Waals surface area contributed by atoms with Crippen LogP contribution in [-0.4, -0.2) is 64.3 Å². The number of hydrogen-bond donors (Lipinski definition) is 2. The summed E-state index contributed by atoms with van der Waals surface area (Å²) in [4.78, 5) is 6.60. The van der Waals surface area contributed by atoms with Crippen molar-refractivity contribution in [1.29, 1.82) is 0 Å². The van der Waals surface area contributed by atoms with E-state index >= 15 is 0 Å². The van der Waals surface area contributed by atoms with Gasteiger partial charge < -0.3 is 20.3 Å². The van der Waals surface area contributed by atoms with Crippen molar-refractivity contribution in [2.45, 2.75) is 45.1 Å². The van der Waals surface area contributed by atoms with Gasteiger partial charge in [0.1, 0.15) is 0 Å². The molecule has 5 heteroatoms. The van der Waals surface area contributed by atoms with Crippen LogP contribution >= 0.6 is 0 Å². The molecule has 2 N–H and O–H groups in total. The average Bonchev–Trinajstić information content (AvgIpc) is 3.28. The monoisotopic (exact) mass is 298 g/mol. The van der Waals surface area contributed by atoms with E-state index in [-0.39, 0.29) is 0 Å². The Morgan fingerprint density at radius 1 is 1.24 bits per heavy atom. The Bertz CT molecular complexity index is 288. The van der Waals surface area contributed by atoms with Crippen molar-refractivity contribution in [3.63, 3.8) is 0 Å². The van der Waals surface area contributed by atoms with Gasteiger partial charge in [-0.05, 0) is 45.7 Å². The van der Waals surface area contributed by atoms with Crippen molar-refractivity contribution in [3.05, 3.63) is 0 Å². The zero-order valence-electron chi connectivity index (χ0n) is 14.3. The molecule has 0 saturated heterocycles. The van der Waals surface area contributed by atoms with Crippen molar-refractivity contribution in [3.8, 4) is 0 Å². The lowest BCUT2D eigenvalue weighted by Crippen LogP contribution is -2.46. The molecule has 0 aromatic carbocycles. The van der Waals surface area contributed by atoms with Crippen LogP contribution in [-0.2, 0) is 4.74 Å². The van der Waals surface area contributed by atoms with Crippen molar-refractivity contribution >= 4 is 5.96 Å². The lowest BCUT2D eigenvalue weighted by Gasteiger charge is -2.25. The number of ether oxygens (including phenoxy) is 1. The molecule has 0 aromatic rings. The van der Waals surface area contributed by atoms with Crippen LogP contribution in [0.5, 0.6) is 0 Å². The van der Waals surface area contributed by atoms with Crippen molar-refractivity contribution < 1.29 is 4.74 Å². The van der Waals surface area contributed by atoms with Crippen LogP contribution in [0.3, 0.4) is 0 Å². The van der Waals surface area contributed by atoms with E-state index in [1.165, 1.54) is 19.3 Å². The minimum absolute atomic E-state index is 0.612. The van der Waals surface area contributed by atoms with Gasteiger partial charge in [0.2, 0.25) is 0 Å². The Morgan fingerprint density at radius 2 is 1.95 bits per heavy atom. The molecule has 124 valence electrons. The van der Waals surface area contributed by atoms with Crippen LogP contribution in [0.15, 0.2) is 4.99 Å². The van der Waals surface area contributed by atoms with E-state index in [9.17, 15) is 0 Å². The molecule has 0 spiro atoms. The summed E-state index contributed by atoms with van der Waals surface area (Å²) < 4.78 is 5.55. The molecule has 0 amide bonds. The molecule has 1 atom stereocenters. The number of aliphatic imine (C=N–C) groups is 1. The van der Waals surface area contributed by atoms with Gasteiger partial charge in [-0.1, -0.05) is 13.3 Å². The topological polar surface area (TPSA) is 48.9 Å². The van der Waals surface area contributed by atoms with Crippen LogP contribution in [0.4, 0.5) is 0 Å². The van der Waals surface area contributed by atoms with Gasteiger partial charge in [-0.15, -0.1) is 0 Å². The first-order valence-electron chi connectivity index (χ1n) is 8.37. The fourth-order valence-electron chi connectivity index (χ4n) is 2.40. The van der Waals surface area contributed by atoms with Crippen LogP contribution < -0.4 is 10.6 Å². The normalized spacial score (nSPS) is 17.1. The number of guanidine groups is 1. The summed E-state index contributed by atoms with van der Waals surface area (Å²) in [7, 11) is 6.15. The maximum Gasteiger partial charge on any atom is 0.191 e. The third-order valence-corrected chi connectivity index (χ3v) is 3.93. The van der Waals surface area contributed by atoms with Gasteiger partial charge >= 0.3 is 0 Å². The molecule has 1 aliphatic rings. The molecule has 1 fully saturated rings. The SMILES string of the molecule is CCCCOCCCNC(=NC)NCC(C1CC1)N(C)C. The van der Waals surface area contributed by atoms with Gasteiger partial charge in [-0.2, -0.15) is 0 Å². The Hall–Kier alpha value is -0.810. The van der Waals surface area contributed by atoms with E-state index in [4.69, 9.17) is 4.74 Å². The maximum absolute atomic E-state index is 5.55. The first-order chi connectivity index (χ1) is 10.2. The summed E-state index contributed by atoms with van der Waals surface area (Å²) >= 11 is 0. The fourth-order valence-corrected chi connectivity index (χ4v) is 2.40. The standard InChI is InChI=1S/C16H34N4O/c1-5-6-11-21-12-7-10-18-16(17-2)19-13-15(20(3)4)14-8-9-14/h14-15H,5-13H2,1-4H3,(H2,17,18,19). The van der Waals surface area contributed by atoms with Gasteiger partial charge in [0.05, 0.1) is 0 Å². The summed E-state index contributed by atoms with van der Waals surface area (Å²) in [6.07, 6.45) is 6.11. The van der Waals surface area contributed by atoms with Crippen LogP contribution in [0.2, 0.25) is 0 Å². The fraction of sp³-hybridized carbons (Fsp3) is 0.938. The molecule has 0 heterocycles. The Labute approximate surface area is 130 Å². The number of rotatable bonds is 11. The molecule has 0 radical (unpaired) electrons. The van der Waals surface area contributed by atoms with Crippen LogP contribution in [0.1, 0.15) is 39.0 Å². The summed E-state index contributed by atoms with van der Waals surface area (Å²) in [5.41, 5.74) is 0. The van der Waals surface area contributed by atoms with Gasteiger partial charge in [0.15, 0.2) is 5.96 Å². The molecule has 5 nitrogen and oxygen atoms in total. The maximum atomic E-state index is 5.55. The summed E-state index contributed by atoms with van der Waals surface area (Å²) in [6.45, 7) is 5.76. The zero-order chi connectivity index (χ0) is 15.5. The second-order valence-corrected chi connectivity index (χ2v) is 6.07. The van der Waals surface area contributed by atoms with E-state index in [1.54, 1.807) is 0 Å². The van der Waals surface area contributed by atoms with Crippen molar-refractivity contribution in [2.75, 3.05) is 47.4 Å². The highest BCUT2D eigenvalue weighted by molar-refractivity contribution is 5.79. The van der Waals surface area contributed by atoms with Gasteiger partial charge in [-0.25, -0.2) is 0 Å². The van der Waals surface area contributed by atoms with E-state index < -0.39 is 0 Å². The van der Waals surface area contributed by atoms with Crippen molar-refractivity contribution in [1.82, 2.24) is 15.5 Å². The Morgan fingerprint density at radius 3 is 2.52 bits per heavy atom. The zero-order valence-corrected chi connectivity index (χ0v) is 14.3. The summed E-state index contributed by atoms with van der Waals surface area (Å²) in [5, 5.41) is 6.79. The predicted octanol–water partition coefficient (Wildman–Crippen LogP) is 1.70. The molecule has 1 saturated carbocycles. The lowest BCUT2D eigenvalue weighted by molar-refractivity contribution is 0.129. The average molecular weight is 298 g/mol. The number of hydrogen-bond acceptors (Lipinski definition) is 3. The van der Waals surface area contributed by atoms with Gasteiger partial charge in [0.25, 0.3) is 0 Å². The van der Waals surface area contributed by atoms with E-state index in [2.05, 4.69) is 41.5 Å². The third kappa shape index (κ3) is 8.27. The lowest BCUT2D eigenvalue weighted by atomic mass is 10.1. The number of unbranched alkanes of at least 4 members (excludes halogenated alkanes) is 1. The minimum atomic E-state index is 0.612. The number of nitrogens with one attached hydrogen (secondary N) is 2. The molecule has 1 unspecified atom stereocenters. The molecule has 0 bridgehead atoms. The smallest absolute Gasteiger partial charge is 0.191 e. The van der Waals surface area contributed by atoms with Gasteiger partial charge in [0, 0.05) is 39.4 Å².